The lowest BCUT2D eigenvalue weighted by atomic mass is 10.2. The standard InChI is InChI=1S/C16H18N4O3S/c1-3-20-11-16(19-12(20)2)24(21,22)18-9-13-7-14(10-17-8-13)15-5-4-6-23-15/h4-8,10-11,18H,3,9H2,1-2H3. The number of nitrogens with one attached hydrogen (secondary N) is 1. The highest BCUT2D eigenvalue weighted by Crippen LogP contribution is 2.19. The molecule has 0 aromatic carbocycles. The summed E-state index contributed by atoms with van der Waals surface area (Å²) in [6.45, 7) is 4.51. The lowest BCUT2D eigenvalue weighted by Gasteiger charge is -2.05. The molecule has 0 saturated heterocycles. The van der Waals surface area contributed by atoms with Crippen LogP contribution < -0.4 is 4.72 Å². The molecule has 8 heteroatoms. The fourth-order valence-electron chi connectivity index (χ4n) is 2.34. The Morgan fingerprint density at radius 1 is 1.33 bits per heavy atom. The van der Waals surface area contributed by atoms with Gasteiger partial charge in [0.15, 0.2) is 5.03 Å². The maximum absolute atomic E-state index is 12.4. The third-order valence-corrected chi connectivity index (χ3v) is 4.91. The summed E-state index contributed by atoms with van der Waals surface area (Å²) in [6, 6.07) is 5.45. The molecule has 0 aliphatic carbocycles. The molecule has 0 radical (unpaired) electrons. The van der Waals surface area contributed by atoms with E-state index in [1.807, 2.05) is 19.1 Å². The molecule has 3 heterocycles. The first-order valence-corrected chi connectivity index (χ1v) is 8.99. The Labute approximate surface area is 140 Å². The predicted molar refractivity (Wildman–Crippen MR) is 88.6 cm³/mol. The van der Waals surface area contributed by atoms with Crippen molar-refractivity contribution < 1.29 is 12.8 Å². The second kappa shape index (κ2) is 6.58. The van der Waals surface area contributed by atoms with Crippen LogP contribution in [0, 0.1) is 6.92 Å². The van der Waals surface area contributed by atoms with Crippen molar-refractivity contribution >= 4 is 10.0 Å². The van der Waals surface area contributed by atoms with Crippen molar-refractivity contribution in [1.29, 1.82) is 0 Å². The zero-order valence-corrected chi connectivity index (χ0v) is 14.2. The molecule has 126 valence electrons. The number of nitrogens with zero attached hydrogens (tertiary/aromatic N) is 3. The first-order valence-electron chi connectivity index (χ1n) is 7.51. The van der Waals surface area contributed by atoms with Gasteiger partial charge in [-0.25, -0.2) is 18.1 Å². The minimum atomic E-state index is -3.67. The Morgan fingerprint density at radius 3 is 2.83 bits per heavy atom. The van der Waals surface area contributed by atoms with E-state index in [0.29, 0.717) is 18.1 Å². The van der Waals surface area contributed by atoms with E-state index < -0.39 is 10.0 Å². The number of rotatable bonds is 6. The van der Waals surface area contributed by atoms with Crippen LogP contribution in [0.15, 0.2) is 52.5 Å². The van der Waals surface area contributed by atoms with E-state index in [-0.39, 0.29) is 11.6 Å². The molecular weight excluding hydrogens is 328 g/mol. The quantitative estimate of drug-likeness (QED) is 0.740. The Bertz CT molecular complexity index is 930. The molecule has 3 aromatic heterocycles. The van der Waals surface area contributed by atoms with Crippen molar-refractivity contribution in [3.8, 4) is 11.3 Å². The normalized spacial score (nSPS) is 11.8. The van der Waals surface area contributed by atoms with Crippen molar-refractivity contribution in [2.45, 2.75) is 32.0 Å². The highest BCUT2D eigenvalue weighted by molar-refractivity contribution is 7.89. The first kappa shape index (κ1) is 16.4. The number of furan rings is 1. The molecule has 0 unspecified atom stereocenters. The molecule has 0 bridgehead atoms. The average molecular weight is 346 g/mol. The highest BCUT2D eigenvalue weighted by Gasteiger charge is 2.18. The number of aryl methyl sites for hydroxylation is 2. The maximum Gasteiger partial charge on any atom is 0.259 e. The predicted octanol–water partition coefficient (Wildman–Crippen LogP) is 2.34. The van der Waals surface area contributed by atoms with E-state index in [4.69, 9.17) is 4.42 Å². The van der Waals surface area contributed by atoms with Crippen LogP contribution in [0.4, 0.5) is 0 Å². The van der Waals surface area contributed by atoms with E-state index in [1.165, 1.54) is 6.20 Å². The summed E-state index contributed by atoms with van der Waals surface area (Å²) in [5, 5.41) is 0.0250. The second-order valence-electron chi connectivity index (χ2n) is 5.30. The van der Waals surface area contributed by atoms with E-state index in [0.717, 1.165) is 11.1 Å². The summed E-state index contributed by atoms with van der Waals surface area (Å²) in [4.78, 5) is 8.24. The smallest absolute Gasteiger partial charge is 0.259 e. The van der Waals surface area contributed by atoms with Gasteiger partial charge in [0.2, 0.25) is 0 Å². The van der Waals surface area contributed by atoms with Crippen LogP contribution in [0.1, 0.15) is 18.3 Å². The molecule has 24 heavy (non-hydrogen) atoms. The molecule has 0 saturated carbocycles. The molecule has 0 fully saturated rings. The number of pyridine rings is 1. The van der Waals surface area contributed by atoms with Gasteiger partial charge in [0.25, 0.3) is 10.0 Å². The SMILES string of the molecule is CCn1cc(S(=O)(=O)NCc2cncc(-c3ccco3)c2)nc1C. The van der Waals surface area contributed by atoms with Gasteiger partial charge in [-0.1, -0.05) is 0 Å². The van der Waals surface area contributed by atoms with E-state index in [9.17, 15) is 8.42 Å². The zero-order chi connectivity index (χ0) is 17.2. The Balaban J connectivity index is 1.76. The summed E-state index contributed by atoms with van der Waals surface area (Å²) >= 11 is 0. The number of sulfonamides is 1. The molecular formula is C16H18N4O3S. The van der Waals surface area contributed by atoms with Crippen LogP contribution in [0.5, 0.6) is 0 Å². The van der Waals surface area contributed by atoms with Gasteiger partial charge in [-0.05, 0) is 37.6 Å². The molecule has 3 rings (SSSR count). The first-order chi connectivity index (χ1) is 11.5. The van der Waals surface area contributed by atoms with Crippen molar-refractivity contribution in [2.75, 3.05) is 0 Å². The van der Waals surface area contributed by atoms with Crippen LogP contribution in [0.25, 0.3) is 11.3 Å². The molecule has 0 amide bonds. The van der Waals surface area contributed by atoms with Gasteiger partial charge in [-0.2, -0.15) is 0 Å². The number of hydrogen-bond acceptors (Lipinski definition) is 5. The highest BCUT2D eigenvalue weighted by atomic mass is 32.2. The van der Waals surface area contributed by atoms with Crippen LogP contribution >= 0.6 is 0 Å². The van der Waals surface area contributed by atoms with Gasteiger partial charge in [0, 0.05) is 37.2 Å². The van der Waals surface area contributed by atoms with Crippen molar-refractivity contribution in [2.24, 2.45) is 0 Å². The van der Waals surface area contributed by atoms with Gasteiger partial charge in [0.1, 0.15) is 11.6 Å². The third kappa shape index (κ3) is 3.39. The van der Waals surface area contributed by atoms with E-state index >= 15 is 0 Å². The summed E-state index contributed by atoms with van der Waals surface area (Å²) in [5.74, 6) is 1.35. The van der Waals surface area contributed by atoms with Crippen LogP contribution in [-0.2, 0) is 23.1 Å². The van der Waals surface area contributed by atoms with Gasteiger partial charge in [-0.15, -0.1) is 0 Å². The molecule has 3 aromatic rings. The van der Waals surface area contributed by atoms with Gasteiger partial charge >= 0.3 is 0 Å². The van der Waals surface area contributed by atoms with E-state index in [1.54, 1.807) is 36.2 Å². The number of hydrogen-bond donors (Lipinski definition) is 1. The number of imidazole rings is 1. The number of aromatic nitrogens is 3. The van der Waals surface area contributed by atoms with Gasteiger partial charge in [0.05, 0.1) is 6.26 Å². The monoisotopic (exact) mass is 346 g/mol. The Morgan fingerprint density at radius 2 is 2.17 bits per heavy atom. The zero-order valence-electron chi connectivity index (χ0n) is 13.4. The van der Waals surface area contributed by atoms with Crippen LogP contribution in [-0.4, -0.2) is 23.0 Å². The average Bonchev–Trinajstić information content (AvgIpc) is 3.23. The van der Waals surface area contributed by atoms with Crippen molar-refractivity contribution in [3.63, 3.8) is 0 Å². The third-order valence-electron chi connectivity index (χ3n) is 3.64. The lowest BCUT2D eigenvalue weighted by molar-refractivity contribution is 0.577. The largest absolute Gasteiger partial charge is 0.464 e. The lowest BCUT2D eigenvalue weighted by Crippen LogP contribution is -2.23. The Hall–Kier alpha value is -2.45. The minimum Gasteiger partial charge on any atom is -0.464 e. The van der Waals surface area contributed by atoms with Crippen molar-refractivity contribution in [3.05, 3.63) is 54.4 Å². The molecule has 0 aliphatic heterocycles. The summed E-state index contributed by atoms with van der Waals surface area (Å²) in [5.41, 5.74) is 1.53. The summed E-state index contributed by atoms with van der Waals surface area (Å²) < 4.78 is 34.4. The molecule has 0 atom stereocenters. The second-order valence-corrected chi connectivity index (χ2v) is 7.01. The summed E-state index contributed by atoms with van der Waals surface area (Å²) in [7, 11) is -3.67. The van der Waals surface area contributed by atoms with Crippen LogP contribution in [0.3, 0.4) is 0 Å². The molecule has 0 spiro atoms. The maximum atomic E-state index is 12.4. The Kier molecular flexibility index (Phi) is 4.50. The van der Waals surface area contributed by atoms with Crippen LogP contribution in [0.2, 0.25) is 0 Å². The molecule has 7 nitrogen and oxygen atoms in total. The van der Waals surface area contributed by atoms with E-state index in [2.05, 4.69) is 14.7 Å². The fourth-order valence-corrected chi connectivity index (χ4v) is 3.37. The topological polar surface area (TPSA) is 90.0 Å². The fraction of sp³-hybridized carbons (Fsp3) is 0.250. The summed E-state index contributed by atoms with van der Waals surface area (Å²) in [6.07, 6.45) is 6.40. The van der Waals surface area contributed by atoms with Gasteiger partial charge < -0.3 is 8.98 Å². The molecule has 1 N–H and O–H groups in total. The molecule has 0 aliphatic rings. The van der Waals surface area contributed by atoms with Crippen molar-refractivity contribution in [1.82, 2.24) is 19.3 Å². The minimum absolute atomic E-state index is 0.0250. The van der Waals surface area contributed by atoms with Gasteiger partial charge in [-0.3, -0.25) is 4.98 Å².